The lowest BCUT2D eigenvalue weighted by molar-refractivity contribution is 0.0669. The number of carbonyl (C=O) groups excluding carboxylic acids is 1. The number of rotatable bonds is 3. The summed E-state index contributed by atoms with van der Waals surface area (Å²) < 4.78 is 7.37. The minimum atomic E-state index is -0.0984. The van der Waals surface area contributed by atoms with Crippen molar-refractivity contribution in [3.63, 3.8) is 0 Å². The highest BCUT2D eigenvalue weighted by Crippen LogP contribution is 2.24. The third-order valence-electron chi connectivity index (χ3n) is 4.31. The van der Waals surface area contributed by atoms with Crippen LogP contribution in [0.15, 0.2) is 53.8 Å². The molecule has 0 aliphatic carbocycles. The second-order valence-electron chi connectivity index (χ2n) is 5.88. The van der Waals surface area contributed by atoms with Gasteiger partial charge < -0.3 is 14.0 Å². The number of hydrogen-bond acceptors (Lipinski definition) is 5. The summed E-state index contributed by atoms with van der Waals surface area (Å²) in [5, 5.41) is 3.94. The summed E-state index contributed by atoms with van der Waals surface area (Å²) in [6, 6.07) is 5.63. The Hall–Kier alpha value is -2.96. The number of carbonyl (C=O) groups is 1. The van der Waals surface area contributed by atoms with Crippen molar-refractivity contribution in [2.45, 2.75) is 18.9 Å². The van der Waals surface area contributed by atoms with Crippen molar-refractivity contribution in [3.8, 4) is 11.3 Å². The van der Waals surface area contributed by atoms with Crippen molar-refractivity contribution in [1.29, 1.82) is 0 Å². The molecule has 1 fully saturated rings. The quantitative estimate of drug-likeness (QED) is 0.740. The first-order valence-corrected chi connectivity index (χ1v) is 7.95. The smallest absolute Gasteiger partial charge is 0.276 e. The summed E-state index contributed by atoms with van der Waals surface area (Å²) in [5.41, 5.74) is 1.14. The zero-order valence-electron chi connectivity index (χ0n) is 13.1. The maximum atomic E-state index is 12.7. The zero-order chi connectivity index (χ0) is 16.4. The molecule has 0 N–H and O–H groups in total. The second kappa shape index (κ2) is 6.27. The summed E-state index contributed by atoms with van der Waals surface area (Å²) in [6.07, 6.45) is 10.9. The highest BCUT2D eigenvalue weighted by molar-refractivity contribution is 5.93. The van der Waals surface area contributed by atoms with E-state index in [-0.39, 0.29) is 11.9 Å². The van der Waals surface area contributed by atoms with Gasteiger partial charge in [-0.25, -0.2) is 4.98 Å². The molecule has 0 bridgehead atoms. The molecule has 1 aliphatic rings. The van der Waals surface area contributed by atoms with Gasteiger partial charge in [0.15, 0.2) is 11.5 Å². The first kappa shape index (κ1) is 14.6. The van der Waals surface area contributed by atoms with Crippen molar-refractivity contribution < 1.29 is 9.32 Å². The predicted octanol–water partition coefficient (Wildman–Crippen LogP) is 2.41. The van der Waals surface area contributed by atoms with E-state index in [0.29, 0.717) is 18.0 Å². The van der Waals surface area contributed by atoms with Crippen LogP contribution >= 0.6 is 0 Å². The molecule has 0 aromatic carbocycles. The molecule has 0 spiro atoms. The molecule has 1 saturated heterocycles. The van der Waals surface area contributed by atoms with E-state index in [1.54, 1.807) is 31.0 Å². The minimum absolute atomic E-state index is 0.0984. The highest BCUT2D eigenvalue weighted by Gasteiger charge is 2.27. The van der Waals surface area contributed by atoms with Gasteiger partial charge >= 0.3 is 0 Å². The largest absolute Gasteiger partial charge is 0.355 e. The molecule has 4 heterocycles. The maximum Gasteiger partial charge on any atom is 0.276 e. The summed E-state index contributed by atoms with van der Waals surface area (Å²) in [6.45, 7) is 1.39. The lowest BCUT2D eigenvalue weighted by Crippen LogP contribution is -2.40. The first-order chi connectivity index (χ1) is 11.8. The number of aromatic nitrogens is 4. The van der Waals surface area contributed by atoms with Crippen LogP contribution in [0.5, 0.6) is 0 Å². The number of likely N-dealkylation sites (tertiary alicyclic amines) is 1. The molecule has 1 atom stereocenters. The van der Waals surface area contributed by atoms with Crippen LogP contribution in [0.1, 0.15) is 29.4 Å². The van der Waals surface area contributed by atoms with Crippen molar-refractivity contribution in [3.05, 3.63) is 55.0 Å². The molecular weight excluding hydrogens is 306 g/mol. The van der Waals surface area contributed by atoms with Gasteiger partial charge in [-0.2, -0.15) is 0 Å². The summed E-state index contributed by atoms with van der Waals surface area (Å²) >= 11 is 0. The molecule has 122 valence electrons. The van der Waals surface area contributed by atoms with Gasteiger partial charge in [0.25, 0.3) is 5.91 Å². The van der Waals surface area contributed by atoms with Crippen molar-refractivity contribution >= 4 is 5.91 Å². The van der Waals surface area contributed by atoms with Crippen molar-refractivity contribution in [2.24, 2.45) is 0 Å². The highest BCUT2D eigenvalue weighted by atomic mass is 16.5. The van der Waals surface area contributed by atoms with Crippen LogP contribution in [-0.2, 0) is 0 Å². The van der Waals surface area contributed by atoms with Crippen LogP contribution in [0.4, 0.5) is 0 Å². The Balaban J connectivity index is 1.50. The molecule has 4 rings (SSSR count). The van der Waals surface area contributed by atoms with Gasteiger partial charge in [0, 0.05) is 49.5 Å². The van der Waals surface area contributed by atoms with E-state index < -0.39 is 0 Å². The monoisotopic (exact) mass is 323 g/mol. The van der Waals surface area contributed by atoms with Crippen molar-refractivity contribution in [2.75, 3.05) is 13.1 Å². The fraction of sp³-hybridized carbons (Fsp3) is 0.294. The van der Waals surface area contributed by atoms with Gasteiger partial charge in [-0.05, 0) is 25.0 Å². The molecule has 0 unspecified atom stereocenters. The van der Waals surface area contributed by atoms with Gasteiger partial charge in [-0.3, -0.25) is 9.78 Å². The molecule has 3 aromatic heterocycles. The molecule has 7 nitrogen and oxygen atoms in total. The first-order valence-electron chi connectivity index (χ1n) is 7.95. The van der Waals surface area contributed by atoms with Gasteiger partial charge in [0.05, 0.1) is 12.4 Å². The number of amides is 1. The lowest BCUT2D eigenvalue weighted by Gasteiger charge is -2.32. The van der Waals surface area contributed by atoms with E-state index in [1.165, 1.54) is 0 Å². The molecule has 0 radical (unpaired) electrons. The number of imidazole rings is 1. The standard InChI is InChI=1S/C17H17N5O2/c23-17(15-9-16(24-20-15)13-3-1-5-18-10-13)21-7-2-4-14(11-21)22-8-6-19-12-22/h1,3,5-6,8-10,12,14H,2,4,7,11H2/t14-/m0/s1. The topological polar surface area (TPSA) is 77.0 Å². The van der Waals surface area contributed by atoms with Crippen LogP contribution in [-0.4, -0.2) is 43.6 Å². The average molecular weight is 323 g/mol. The molecular formula is C17H17N5O2. The van der Waals surface area contributed by atoms with E-state index in [2.05, 4.69) is 19.7 Å². The Morgan fingerprint density at radius 3 is 3.04 bits per heavy atom. The Kier molecular flexibility index (Phi) is 3.82. The van der Waals surface area contributed by atoms with E-state index in [4.69, 9.17) is 4.52 Å². The molecule has 7 heteroatoms. The lowest BCUT2D eigenvalue weighted by atomic mass is 10.1. The summed E-state index contributed by atoms with van der Waals surface area (Å²) in [5.74, 6) is 0.452. The van der Waals surface area contributed by atoms with E-state index in [1.807, 2.05) is 23.2 Å². The minimum Gasteiger partial charge on any atom is -0.355 e. The van der Waals surface area contributed by atoms with E-state index in [9.17, 15) is 4.79 Å². The van der Waals surface area contributed by atoms with Crippen molar-refractivity contribution in [1.82, 2.24) is 24.6 Å². The number of pyridine rings is 1. The third kappa shape index (κ3) is 2.80. The van der Waals surface area contributed by atoms with Crippen LogP contribution in [0, 0.1) is 0 Å². The van der Waals surface area contributed by atoms with Gasteiger partial charge in [0.2, 0.25) is 0 Å². The number of hydrogen-bond donors (Lipinski definition) is 0. The summed E-state index contributed by atoms with van der Waals surface area (Å²) in [7, 11) is 0. The molecule has 1 amide bonds. The zero-order valence-corrected chi connectivity index (χ0v) is 13.1. The fourth-order valence-corrected chi connectivity index (χ4v) is 3.05. The van der Waals surface area contributed by atoms with Gasteiger partial charge in [-0.1, -0.05) is 5.16 Å². The molecule has 24 heavy (non-hydrogen) atoms. The molecule has 3 aromatic rings. The van der Waals surface area contributed by atoms with Crippen LogP contribution in [0.2, 0.25) is 0 Å². The second-order valence-corrected chi connectivity index (χ2v) is 5.88. The SMILES string of the molecule is O=C(c1cc(-c2cccnc2)on1)N1CCC[C@H](n2ccnc2)C1. The van der Waals surface area contributed by atoms with Crippen LogP contribution in [0.25, 0.3) is 11.3 Å². The Labute approximate surface area is 138 Å². The maximum absolute atomic E-state index is 12.7. The predicted molar refractivity (Wildman–Crippen MR) is 86.1 cm³/mol. The van der Waals surface area contributed by atoms with Crippen LogP contribution < -0.4 is 0 Å². The Bertz CT molecular complexity index is 813. The Morgan fingerprint density at radius 1 is 1.29 bits per heavy atom. The summed E-state index contributed by atoms with van der Waals surface area (Å²) in [4.78, 5) is 22.7. The molecule has 1 aliphatic heterocycles. The molecule has 0 saturated carbocycles. The fourth-order valence-electron chi connectivity index (χ4n) is 3.05. The number of nitrogens with zero attached hydrogens (tertiary/aromatic N) is 5. The third-order valence-corrected chi connectivity index (χ3v) is 4.31. The van der Waals surface area contributed by atoms with Crippen LogP contribution in [0.3, 0.4) is 0 Å². The van der Waals surface area contributed by atoms with Gasteiger partial charge in [0.1, 0.15) is 0 Å². The van der Waals surface area contributed by atoms with Gasteiger partial charge in [-0.15, -0.1) is 0 Å². The van der Waals surface area contributed by atoms with E-state index >= 15 is 0 Å². The number of piperidine rings is 1. The Morgan fingerprint density at radius 2 is 2.25 bits per heavy atom. The van der Waals surface area contributed by atoms with E-state index in [0.717, 1.165) is 24.9 Å². The average Bonchev–Trinajstić information content (AvgIpc) is 3.34. The normalized spacial score (nSPS) is 17.8.